The zero-order chi connectivity index (χ0) is 11.8. The van der Waals surface area contributed by atoms with Crippen LogP contribution in [0.5, 0.6) is 0 Å². The average Bonchev–Trinajstić information content (AvgIpc) is 2.76. The molecule has 0 fully saturated rings. The van der Waals surface area contributed by atoms with Gasteiger partial charge < -0.3 is 10.3 Å². The number of rotatable bonds is 1. The zero-order valence-electron chi connectivity index (χ0n) is 8.96. The monoisotopic (exact) mass is 339 g/mol. The van der Waals surface area contributed by atoms with Crippen molar-refractivity contribution in [1.82, 2.24) is 9.97 Å². The first-order chi connectivity index (χ1) is 8.25. The number of anilines is 1. The Morgan fingerprint density at radius 1 is 1.29 bits per heavy atom. The lowest BCUT2D eigenvalue weighted by atomic mass is 10.1. The summed E-state index contributed by atoms with van der Waals surface area (Å²) in [7, 11) is 0. The summed E-state index contributed by atoms with van der Waals surface area (Å²) < 4.78 is 1.13. The normalized spacial score (nSPS) is 13.2. The fourth-order valence-electron chi connectivity index (χ4n) is 2.09. The molecule has 0 saturated carbocycles. The highest BCUT2D eigenvalue weighted by molar-refractivity contribution is 14.1. The van der Waals surface area contributed by atoms with Gasteiger partial charge in [-0.15, -0.1) is 0 Å². The number of hydrogen-bond acceptors (Lipinski definition) is 3. The van der Waals surface area contributed by atoms with Crippen molar-refractivity contribution in [3.05, 3.63) is 43.9 Å². The van der Waals surface area contributed by atoms with Gasteiger partial charge in [0, 0.05) is 21.2 Å². The first-order valence-corrected chi connectivity index (χ1v) is 6.45. The molecule has 0 radical (unpaired) electrons. The molecule has 1 aromatic carbocycles. The SMILES string of the molecule is O=c1nc2c(c(-c3ccccc3I)[nH]1)CCN2. The average molecular weight is 339 g/mol. The Hall–Kier alpha value is -1.37. The van der Waals surface area contributed by atoms with Crippen LogP contribution in [0.3, 0.4) is 0 Å². The summed E-state index contributed by atoms with van der Waals surface area (Å²) in [5.74, 6) is 0.725. The van der Waals surface area contributed by atoms with Crippen LogP contribution in [0.2, 0.25) is 0 Å². The molecule has 17 heavy (non-hydrogen) atoms. The molecule has 1 aromatic heterocycles. The fraction of sp³-hybridized carbons (Fsp3) is 0.167. The molecule has 0 saturated heterocycles. The minimum atomic E-state index is -0.298. The van der Waals surface area contributed by atoms with E-state index in [-0.39, 0.29) is 5.69 Å². The highest BCUT2D eigenvalue weighted by atomic mass is 127. The number of H-pyrrole nitrogens is 1. The van der Waals surface area contributed by atoms with Crippen molar-refractivity contribution in [2.24, 2.45) is 0 Å². The van der Waals surface area contributed by atoms with Crippen molar-refractivity contribution < 1.29 is 0 Å². The first-order valence-electron chi connectivity index (χ1n) is 5.37. The van der Waals surface area contributed by atoms with E-state index in [0.29, 0.717) is 0 Å². The van der Waals surface area contributed by atoms with Crippen molar-refractivity contribution in [2.75, 3.05) is 11.9 Å². The number of nitrogens with zero attached hydrogens (tertiary/aromatic N) is 1. The number of hydrogen-bond donors (Lipinski definition) is 2. The van der Waals surface area contributed by atoms with Crippen LogP contribution in [-0.2, 0) is 6.42 Å². The van der Waals surface area contributed by atoms with Crippen molar-refractivity contribution in [3.63, 3.8) is 0 Å². The molecule has 0 bridgehead atoms. The van der Waals surface area contributed by atoms with Gasteiger partial charge >= 0.3 is 5.69 Å². The Morgan fingerprint density at radius 2 is 2.12 bits per heavy atom. The number of halogens is 1. The minimum Gasteiger partial charge on any atom is -0.369 e. The van der Waals surface area contributed by atoms with E-state index < -0.39 is 0 Å². The molecule has 4 nitrogen and oxygen atoms in total. The summed E-state index contributed by atoms with van der Waals surface area (Å²) in [6.07, 6.45) is 0.902. The third kappa shape index (κ3) is 1.84. The summed E-state index contributed by atoms with van der Waals surface area (Å²) in [5.41, 5.74) is 2.77. The van der Waals surface area contributed by atoms with E-state index in [9.17, 15) is 4.79 Å². The van der Waals surface area contributed by atoms with Crippen LogP contribution in [0.4, 0.5) is 5.82 Å². The van der Waals surface area contributed by atoms with E-state index in [0.717, 1.165) is 39.2 Å². The number of nitrogens with one attached hydrogen (secondary N) is 2. The maximum Gasteiger partial charge on any atom is 0.347 e. The molecule has 0 aliphatic carbocycles. The number of benzene rings is 1. The van der Waals surface area contributed by atoms with Crippen LogP contribution in [0.15, 0.2) is 29.1 Å². The molecule has 3 rings (SSSR count). The second kappa shape index (κ2) is 4.14. The molecule has 2 aromatic rings. The molecule has 2 heterocycles. The van der Waals surface area contributed by atoms with Gasteiger partial charge in [0.25, 0.3) is 0 Å². The quantitative estimate of drug-likeness (QED) is 0.782. The lowest BCUT2D eigenvalue weighted by Gasteiger charge is -2.08. The van der Waals surface area contributed by atoms with Gasteiger partial charge in [-0.25, -0.2) is 4.79 Å². The third-order valence-electron chi connectivity index (χ3n) is 2.84. The third-order valence-corrected chi connectivity index (χ3v) is 3.78. The van der Waals surface area contributed by atoms with Crippen molar-refractivity contribution in [1.29, 1.82) is 0 Å². The molecule has 0 spiro atoms. The standard InChI is InChI=1S/C12H10IN3O/c13-9-4-2-1-3-7(9)10-8-5-6-14-11(8)16-12(17)15-10/h1-4H,5-6H2,(H2,14,15,16,17). The van der Waals surface area contributed by atoms with Crippen LogP contribution in [0.1, 0.15) is 5.56 Å². The van der Waals surface area contributed by atoms with Crippen LogP contribution < -0.4 is 11.0 Å². The smallest absolute Gasteiger partial charge is 0.347 e. The number of fused-ring (bicyclic) bond motifs is 1. The maximum absolute atomic E-state index is 11.5. The second-order valence-corrected chi connectivity index (χ2v) is 5.06. The van der Waals surface area contributed by atoms with Gasteiger partial charge in [0.15, 0.2) is 0 Å². The van der Waals surface area contributed by atoms with Gasteiger partial charge in [-0.2, -0.15) is 4.98 Å². The molecule has 1 aliphatic rings. The first kappa shape index (κ1) is 10.8. The van der Waals surface area contributed by atoms with Crippen LogP contribution in [-0.4, -0.2) is 16.5 Å². The number of aromatic nitrogens is 2. The molecule has 5 heteroatoms. The predicted molar refractivity (Wildman–Crippen MR) is 75.2 cm³/mol. The van der Waals surface area contributed by atoms with Gasteiger partial charge in [0.05, 0.1) is 5.69 Å². The zero-order valence-corrected chi connectivity index (χ0v) is 11.1. The van der Waals surface area contributed by atoms with Crippen molar-refractivity contribution in [3.8, 4) is 11.3 Å². The Morgan fingerprint density at radius 3 is 2.94 bits per heavy atom. The van der Waals surface area contributed by atoms with E-state index in [1.165, 1.54) is 0 Å². The molecule has 1 aliphatic heterocycles. The summed E-state index contributed by atoms with van der Waals surface area (Å²) in [6.45, 7) is 0.843. The van der Waals surface area contributed by atoms with Gasteiger partial charge in [0.2, 0.25) is 0 Å². The fourth-order valence-corrected chi connectivity index (χ4v) is 2.74. The highest BCUT2D eigenvalue weighted by Crippen LogP contribution is 2.30. The Kier molecular flexibility index (Phi) is 2.62. The van der Waals surface area contributed by atoms with Crippen molar-refractivity contribution >= 4 is 28.4 Å². The largest absolute Gasteiger partial charge is 0.369 e. The van der Waals surface area contributed by atoms with Crippen LogP contribution in [0.25, 0.3) is 11.3 Å². The van der Waals surface area contributed by atoms with Gasteiger partial charge in [-0.1, -0.05) is 18.2 Å². The van der Waals surface area contributed by atoms with E-state index >= 15 is 0 Å². The Balaban J connectivity index is 2.29. The summed E-state index contributed by atoms with van der Waals surface area (Å²) in [4.78, 5) is 18.3. The summed E-state index contributed by atoms with van der Waals surface area (Å²) in [5, 5.41) is 3.14. The van der Waals surface area contributed by atoms with E-state index in [1.807, 2.05) is 24.3 Å². The molecule has 2 N–H and O–H groups in total. The lowest BCUT2D eigenvalue weighted by molar-refractivity contribution is 1.06. The Bertz CT molecular complexity index is 636. The van der Waals surface area contributed by atoms with E-state index in [2.05, 4.69) is 37.9 Å². The van der Waals surface area contributed by atoms with Crippen LogP contribution in [0, 0.1) is 3.57 Å². The molecule has 0 unspecified atom stereocenters. The van der Waals surface area contributed by atoms with Crippen molar-refractivity contribution in [2.45, 2.75) is 6.42 Å². The molecule has 0 amide bonds. The van der Waals surface area contributed by atoms with Crippen LogP contribution >= 0.6 is 22.6 Å². The lowest BCUT2D eigenvalue weighted by Crippen LogP contribution is -2.13. The maximum atomic E-state index is 11.5. The van der Waals surface area contributed by atoms with Gasteiger partial charge in [-0.3, -0.25) is 0 Å². The van der Waals surface area contributed by atoms with E-state index in [4.69, 9.17) is 0 Å². The van der Waals surface area contributed by atoms with Gasteiger partial charge in [0.1, 0.15) is 5.82 Å². The topological polar surface area (TPSA) is 57.8 Å². The van der Waals surface area contributed by atoms with Gasteiger partial charge in [-0.05, 0) is 35.1 Å². The molecule has 86 valence electrons. The van der Waals surface area contributed by atoms with E-state index in [1.54, 1.807) is 0 Å². The summed E-state index contributed by atoms with van der Waals surface area (Å²) >= 11 is 2.28. The molecule has 0 atom stereocenters. The predicted octanol–water partition coefficient (Wildman–Crippen LogP) is 2.01. The number of aromatic amines is 1. The molecular weight excluding hydrogens is 329 g/mol. The minimum absolute atomic E-state index is 0.298. The highest BCUT2D eigenvalue weighted by Gasteiger charge is 2.19. The Labute approximate surface area is 112 Å². The second-order valence-electron chi connectivity index (χ2n) is 3.90. The molecular formula is C12H10IN3O. The summed E-state index contributed by atoms with van der Waals surface area (Å²) in [6, 6.07) is 8.02.